The zero-order valence-electron chi connectivity index (χ0n) is 14.2. The highest BCUT2D eigenvalue weighted by atomic mass is 16.5. The molecule has 0 spiro atoms. The monoisotopic (exact) mass is 356 g/mol. The molecule has 1 aromatic carbocycles. The van der Waals surface area contributed by atoms with Gasteiger partial charge in [0.15, 0.2) is 0 Å². The number of hydrogen-bond acceptors (Lipinski definition) is 5. The van der Waals surface area contributed by atoms with Crippen molar-refractivity contribution in [1.29, 1.82) is 0 Å². The molecule has 0 unspecified atom stereocenters. The Morgan fingerprint density at radius 1 is 1.35 bits per heavy atom. The molecule has 0 bridgehead atoms. The molecule has 2 atom stereocenters. The third kappa shape index (κ3) is 3.14. The maximum absolute atomic E-state index is 13.0. The first-order chi connectivity index (χ1) is 12.6. The van der Waals surface area contributed by atoms with Crippen LogP contribution in [0.4, 0.5) is 0 Å². The number of carbonyl (C=O) groups excluding carboxylic acids is 1. The van der Waals surface area contributed by atoms with Gasteiger partial charge < -0.3 is 14.7 Å². The first kappa shape index (κ1) is 16.6. The predicted octanol–water partition coefficient (Wildman–Crippen LogP) is 1.46. The van der Waals surface area contributed by atoms with E-state index in [-0.39, 0.29) is 24.2 Å². The molecule has 4 rings (SSSR count). The Balaban J connectivity index is 1.55. The Morgan fingerprint density at radius 3 is 3.00 bits per heavy atom. The van der Waals surface area contributed by atoms with Gasteiger partial charge in [0.2, 0.25) is 0 Å². The van der Waals surface area contributed by atoms with Crippen LogP contribution in [0.1, 0.15) is 40.4 Å². The number of carboxylic acids is 1. The van der Waals surface area contributed by atoms with E-state index in [0.717, 1.165) is 24.2 Å². The molecule has 2 aliphatic heterocycles. The number of aromatic nitrogens is 3. The van der Waals surface area contributed by atoms with E-state index in [1.165, 1.54) is 0 Å². The fourth-order valence-corrected chi connectivity index (χ4v) is 3.87. The molecule has 2 N–H and O–H groups in total. The van der Waals surface area contributed by atoms with Gasteiger partial charge in [-0.15, -0.1) is 0 Å². The van der Waals surface area contributed by atoms with Crippen LogP contribution in [0.5, 0.6) is 5.75 Å². The fourth-order valence-electron chi connectivity index (χ4n) is 3.87. The molecule has 0 saturated carbocycles. The lowest BCUT2D eigenvalue weighted by atomic mass is 9.91. The van der Waals surface area contributed by atoms with Crippen molar-refractivity contribution in [3.63, 3.8) is 0 Å². The predicted molar refractivity (Wildman–Crippen MR) is 91.0 cm³/mol. The van der Waals surface area contributed by atoms with E-state index in [9.17, 15) is 14.7 Å². The van der Waals surface area contributed by atoms with E-state index in [1.807, 2.05) is 12.1 Å². The Hall–Kier alpha value is -2.90. The van der Waals surface area contributed by atoms with Crippen LogP contribution in [-0.2, 0) is 11.2 Å². The van der Waals surface area contributed by atoms with Crippen molar-refractivity contribution < 1.29 is 19.4 Å². The smallest absolute Gasteiger partial charge is 0.303 e. The van der Waals surface area contributed by atoms with Crippen molar-refractivity contribution in [2.75, 3.05) is 19.7 Å². The second kappa shape index (κ2) is 6.78. The third-order valence-electron chi connectivity index (χ3n) is 5.13. The summed E-state index contributed by atoms with van der Waals surface area (Å²) in [6.07, 6.45) is 3.45. The van der Waals surface area contributed by atoms with Gasteiger partial charge in [-0.2, -0.15) is 15.4 Å². The van der Waals surface area contributed by atoms with Gasteiger partial charge in [0.1, 0.15) is 5.75 Å². The van der Waals surface area contributed by atoms with E-state index in [0.29, 0.717) is 31.0 Å². The van der Waals surface area contributed by atoms with Crippen LogP contribution in [0, 0.1) is 5.92 Å². The molecule has 3 heterocycles. The zero-order chi connectivity index (χ0) is 18.1. The van der Waals surface area contributed by atoms with Crippen molar-refractivity contribution in [2.45, 2.75) is 25.2 Å². The van der Waals surface area contributed by atoms with E-state index in [2.05, 4.69) is 15.4 Å². The van der Waals surface area contributed by atoms with Crippen LogP contribution in [-0.4, -0.2) is 57.0 Å². The molecule has 136 valence electrons. The molecule has 1 aromatic heterocycles. The molecule has 8 heteroatoms. The summed E-state index contributed by atoms with van der Waals surface area (Å²) in [4.78, 5) is 25.9. The van der Waals surface area contributed by atoms with E-state index < -0.39 is 5.97 Å². The number of hydrogen-bond donors (Lipinski definition) is 2. The number of rotatable bonds is 4. The summed E-state index contributed by atoms with van der Waals surface area (Å²) in [6.45, 7) is 1.55. The van der Waals surface area contributed by atoms with Crippen LogP contribution in [0.25, 0.3) is 0 Å². The summed E-state index contributed by atoms with van der Waals surface area (Å²) in [5, 5.41) is 19.7. The summed E-state index contributed by atoms with van der Waals surface area (Å²) in [5.74, 6) is -0.417. The minimum atomic E-state index is -0.872. The molecular formula is C18H20N4O4. The fraction of sp³-hybridized carbons (Fsp3) is 0.444. The number of fused-ring (bicyclic) bond motifs is 1. The number of benzene rings is 1. The normalized spacial score (nSPS) is 21.9. The van der Waals surface area contributed by atoms with Crippen LogP contribution in [0.15, 0.2) is 24.4 Å². The molecule has 8 nitrogen and oxygen atoms in total. The molecule has 2 aromatic rings. The lowest BCUT2D eigenvalue weighted by Crippen LogP contribution is -2.29. The molecule has 2 aliphatic rings. The summed E-state index contributed by atoms with van der Waals surface area (Å²) >= 11 is 0. The summed E-state index contributed by atoms with van der Waals surface area (Å²) < 4.78 is 5.60. The number of nitrogens with one attached hydrogen (secondary N) is 1. The number of carbonyl (C=O) groups is 2. The molecule has 0 aliphatic carbocycles. The number of aromatic amines is 1. The van der Waals surface area contributed by atoms with Crippen LogP contribution >= 0.6 is 0 Å². The Labute approximate surface area is 150 Å². The molecular weight excluding hydrogens is 336 g/mol. The second-order valence-electron chi connectivity index (χ2n) is 6.84. The first-order valence-electron chi connectivity index (χ1n) is 8.74. The molecule has 1 fully saturated rings. The number of ether oxygens (including phenoxy) is 1. The number of carboxylic acid groups (broad SMARTS) is 1. The highest BCUT2D eigenvalue weighted by Crippen LogP contribution is 2.35. The van der Waals surface area contributed by atoms with Crippen LogP contribution in [0.2, 0.25) is 0 Å². The van der Waals surface area contributed by atoms with Gasteiger partial charge in [0.05, 0.1) is 24.9 Å². The average molecular weight is 356 g/mol. The maximum Gasteiger partial charge on any atom is 0.303 e. The summed E-state index contributed by atoms with van der Waals surface area (Å²) in [6, 6.07) is 5.52. The minimum absolute atomic E-state index is 0.000660. The topological polar surface area (TPSA) is 108 Å². The number of nitrogens with zero attached hydrogens (tertiary/aromatic N) is 3. The lowest BCUT2D eigenvalue weighted by molar-refractivity contribution is -0.138. The largest absolute Gasteiger partial charge is 0.493 e. The van der Waals surface area contributed by atoms with Crippen LogP contribution < -0.4 is 4.74 Å². The SMILES string of the molecule is O=C(O)C[C@H]1CN(C(=O)c2ccc3c(c2)CCCO3)C[C@H]1c1cn[nH]n1. The van der Waals surface area contributed by atoms with Gasteiger partial charge in [-0.05, 0) is 42.5 Å². The number of H-pyrrole nitrogens is 1. The third-order valence-corrected chi connectivity index (χ3v) is 5.13. The standard InChI is InChI=1S/C18H20N4O4/c23-17(24)7-13-9-22(10-14(13)15-8-19-21-20-15)18(25)12-3-4-16-11(6-12)2-1-5-26-16/h3-4,6,8,13-14H,1-2,5,7,9-10H2,(H,23,24)(H,19,20,21)/t13-,14+/m0/s1. The Kier molecular flexibility index (Phi) is 4.32. The van der Waals surface area contributed by atoms with E-state index >= 15 is 0 Å². The van der Waals surface area contributed by atoms with Crippen molar-refractivity contribution >= 4 is 11.9 Å². The van der Waals surface area contributed by atoms with E-state index in [4.69, 9.17) is 4.74 Å². The van der Waals surface area contributed by atoms with Gasteiger partial charge in [0, 0.05) is 24.6 Å². The van der Waals surface area contributed by atoms with E-state index in [1.54, 1.807) is 17.2 Å². The van der Waals surface area contributed by atoms with Crippen molar-refractivity contribution in [1.82, 2.24) is 20.3 Å². The summed E-state index contributed by atoms with van der Waals surface area (Å²) in [5.41, 5.74) is 2.37. The van der Waals surface area contributed by atoms with Crippen molar-refractivity contribution in [3.05, 3.63) is 41.2 Å². The minimum Gasteiger partial charge on any atom is -0.493 e. The number of aliphatic carboxylic acids is 1. The van der Waals surface area contributed by atoms with Crippen LogP contribution in [0.3, 0.4) is 0 Å². The van der Waals surface area contributed by atoms with Gasteiger partial charge in [0.25, 0.3) is 5.91 Å². The molecule has 1 saturated heterocycles. The number of likely N-dealkylation sites (tertiary alicyclic amines) is 1. The second-order valence-corrected chi connectivity index (χ2v) is 6.84. The molecule has 26 heavy (non-hydrogen) atoms. The van der Waals surface area contributed by atoms with Crippen molar-refractivity contribution in [3.8, 4) is 5.75 Å². The first-order valence-corrected chi connectivity index (χ1v) is 8.74. The lowest BCUT2D eigenvalue weighted by Gasteiger charge is -2.20. The number of aryl methyl sites for hydroxylation is 1. The average Bonchev–Trinajstić information content (AvgIpc) is 3.30. The molecule has 1 amide bonds. The Morgan fingerprint density at radius 2 is 2.23 bits per heavy atom. The highest BCUT2D eigenvalue weighted by molar-refractivity contribution is 5.95. The highest BCUT2D eigenvalue weighted by Gasteiger charge is 2.39. The molecule has 0 radical (unpaired) electrons. The number of amides is 1. The van der Waals surface area contributed by atoms with Gasteiger partial charge in [-0.1, -0.05) is 0 Å². The maximum atomic E-state index is 13.0. The summed E-state index contributed by atoms with van der Waals surface area (Å²) in [7, 11) is 0. The van der Waals surface area contributed by atoms with Gasteiger partial charge >= 0.3 is 5.97 Å². The van der Waals surface area contributed by atoms with Crippen molar-refractivity contribution in [2.24, 2.45) is 5.92 Å². The van der Waals surface area contributed by atoms with Gasteiger partial charge in [-0.3, -0.25) is 9.59 Å². The zero-order valence-corrected chi connectivity index (χ0v) is 14.2. The van der Waals surface area contributed by atoms with Gasteiger partial charge in [-0.25, -0.2) is 0 Å². The Bertz CT molecular complexity index is 821. The quantitative estimate of drug-likeness (QED) is 0.858.